The molecule has 0 spiro atoms. The molecular formula is C11H13BrF2N2. The third kappa shape index (κ3) is 2.70. The fourth-order valence-corrected chi connectivity index (χ4v) is 2.33. The zero-order valence-corrected chi connectivity index (χ0v) is 10.3. The van der Waals surface area contributed by atoms with Gasteiger partial charge in [0.25, 0.3) is 0 Å². The van der Waals surface area contributed by atoms with Gasteiger partial charge in [-0.05, 0) is 40.9 Å². The van der Waals surface area contributed by atoms with Crippen molar-refractivity contribution in [1.29, 1.82) is 0 Å². The fourth-order valence-electron chi connectivity index (χ4n) is 2.00. The maximum atomic E-state index is 12.6. The summed E-state index contributed by atoms with van der Waals surface area (Å²) in [6.45, 7) is 1.22. The minimum absolute atomic E-state index is 0.404. The zero-order valence-electron chi connectivity index (χ0n) is 8.74. The van der Waals surface area contributed by atoms with E-state index in [0.29, 0.717) is 13.0 Å². The molecule has 88 valence electrons. The Morgan fingerprint density at radius 2 is 2.25 bits per heavy atom. The standard InChI is InChI=1S/C11H13BrF2N2/c12-9-4-1-5-10(15-9)16-6-2-3-8(7-16)11(13)14/h1,4-5,8,11H,2-3,6-7H2. The SMILES string of the molecule is FC(F)C1CCCN(c2cccc(Br)n2)C1. The van der Waals surface area contributed by atoms with Crippen LogP contribution in [-0.2, 0) is 0 Å². The fraction of sp³-hybridized carbons (Fsp3) is 0.545. The van der Waals surface area contributed by atoms with E-state index in [4.69, 9.17) is 0 Å². The number of aromatic nitrogens is 1. The van der Waals surface area contributed by atoms with Crippen LogP contribution in [-0.4, -0.2) is 24.5 Å². The molecule has 0 aliphatic carbocycles. The van der Waals surface area contributed by atoms with Crippen LogP contribution in [0.4, 0.5) is 14.6 Å². The van der Waals surface area contributed by atoms with Crippen molar-refractivity contribution >= 4 is 21.7 Å². The summed E-state index contributed by atoms with van der Waals surface area (Å²) >= 11 is 3.29. The first-order chi connectivity index (χ1) is 7.66. The Kier molecular flexibility index (Phi) is 3.74. The van der Waals surface area contributed by atoms with Gasteiger partial charge in [-0.3, -0.25) is 0 Å². The Balaban J connectivity index is 2.09. The highest BCUT2D eigenvalue weighted by Crippen LogP contribution is 2.26. The molecule has 1 unspecified atom stereocenters. The first-order valence-corrected chi connectivity index (χ1v) is 6.12. The molecule has 2 rings (SSSR count). The van der Waals surface area contributed by atoms with Crippen LogP contribution >= 0.6 is 15.9 Å². The summed E-state index contributed by atoms with van der Waals surface area (Å²) < 4.78 is 26.0. The number of hydrogen-bond acceptors (Lipinski definition) is 2. The Morgan fingerprint density at radius 1 is 1.44 bits per heavy atom. The van der Waals surface area contributed by atoms with Gasteiger partial charge in [0.15, 0.2) is 0 Å². The van der Waals surface area contributed by atoms with Gasteiger partial charge < -0.3 is 4.90 Å². The number of halogens is 3. The third-order valence-corrected chi connectivity index (χ3v) is 3.28. The van der Waals surface area contributed by atoms with Crippen LogP contribution in [0.1, 0.15) is 12.8 Å². The lowest BCUT2D eigenvalue weighted by atomic mass is 9.99. The first-order valence-electron chi connectivity index (χ1n) is 5.32. The minimum Gasteiger partial charge on any atom is -0.356 e. The maximum Gasteiger partial charge on any atom is 0.243 e. The first kappa shape index (κ1) is 11.8. The Morgan fingerprint density at radius 3 is 2.94 bits per heavy atom. The van der Waals surface area contributed by atoms with Crippen LogP contribution in [0.15, 0.2) is 22.8 Å². The molecule has 0 radical (unpaired) electrons. The number of piperidine rings is 1. The lowest BCUT2D eigenvalue weighted by Gasteiger charge is -2.33. The van der Waals surface area contributed by atoms with Crippen molar-refractivity contribution in [2.75, 3.05) is 18.0 Å². The second kappa shape index (κ2) is 5.08. The summed E-state index contributed by atoms with van der Waals surface area (Å²) in [4.78, 5) is 6.22. The van der Waals surface area contributed by atoms with Crippen LogP contribution in [0, 0.1) is 5.92 Å². The van der Waals surface area contributed by atoms with E-state index in [2.05, 4.69) is 20.9 Å². The van der Waals surface area contributed by atoms with Crippen LogP contribution in [0.5, 0.6) is 0 Å². The second-order valence-electron chi connectivity index (χ2n) is 4.00. The van der Waals surface area contributed by atoms with E-state index in [-0.39, 0.29) is 0 Å². The number of anilines is 1. The monoisotopic (exact) mass is 290 g/mol. The highest BCUT2D eigenvalue weighted by atomic mass is 79.9. The van der Waals surface area contributed by atoms with E-state index in [1.165, 1.54) is 0 Å². The van der Waals surface area contributed by atoms with Gasteiger partial charge in [-0.15, -0.1) is 0 Å². The van der Waals surface area contributed by atoms with E-state index in [1.807, 2.05) is 23.1 Å². The van der Waals surface area contributed by atoms with E-state index >= 15 is 0 Å². The largest absolute Gasteiger partial charge is 0.356 e. The smallest absolute Gasteiger partial charge is 0.243 e. The molecular weight excluding hydrogens is 278 g/mol. The topological polar surface area (TPSA) is 16.1 Å². The van der Waals surface area contributed by atoms with Crippen LogP contribution in [0.3, 0.4) is 0 Å². The maximum absolute atomic E-state index is 12.6. The van der Waals surface area contributed by atoms with Gasteiger partial charge in [-0.2, -0.15) is 0 Å². The van der Waals surface area contributed by atoms with Crippen molar-refractivity contribution in [2.45, 2.75) is 19.3 Å². The highest BCUT2D eigenvalue weighted by Gasteiger charge is 2.27. The molecule has 1 fully saturated rings. The molecule has 1 aromatic rings. The molecule has 2 heterocycles. The van der Waals surface area contributed by atoms with Crippen LogP contribution in [0.25, 0.3) is 0 Å². The quantitative estimate of drug-likeness (QED) is 0.777. The second-order valence-corrected chi connectivity index (χ2v) is 4.81. The molecule has 0 N–H and O–H groups in total. The normalized spacial score (nSPS) is 21.5. The van der Waals surface area contributed by atoms with Crippen molar-refractivity contribution < 1.29 is 8.78 Å². The molecule has 2 nitrogen and oxygen atoms in total. The average molecular weight is 291 g/mol. The van der Waals surface area contributed by atoms with Crippen molar-refractivity contribution in [3.63, 3.8) is 0 Å². The van der Waals surface area contributed by atoms with Gasteiger partial charge in [0.1, 0.15) is 10.4 Å². The van der Waals surface area contributed by atoms with Gasteiger partial charge >= 0.3 is 0 Å². The highest BCUT2D eigenvalue weighted by molar-refractivity contribution is 9.10. The molecule has 1 atom stereocenters. The Bertz CT molecular complexity index is 360. The molecule has 5 heteroatoms. The van der Waals surface area contributed by atoms with E-state index in [9.17, 15) is 8.78 Å². The summed E-state index contributed by atoms with van der Waals surface area (Å²) in [6, 6.07) is 5.56. The lowest BCUT2D eigenvalue weighted by molar-refractivity contribution is 0.0685. The average Bonchev–Trinajstić information content (AvgIpc) is 2.29. The third-order valence-electron chi connectivity index (χ3n) is 2.84. The number of hydrogen-bond donors (Lipinski definition) is 0. The zero-order chi connectivity index (χ0) is 11.5. The van der Waals surface area contributed by atoms with Gasteiger partial charge in [0.2, 0.25) is 6.43 Å². The van der Waals surface area contributed by atoms with Crippen LogP contribution < -0.4 is 4.90 Å². The lowest BCUT2D eigenvalue weighted by Crippen LogP contribution is -2.38. The molecule has 0 aromatic carbocycles. The molecule has 0 bridgehead atoms. The Hall–Kier alpha value is -0.710. The number of pyridine rings is 1. The molecule has 1 aliphatic heterocycles. The van der Waals surface area contributed by atoms with Gasteiger partial charge in [-0.25, -0.2) is 13.8 Å². The molecule has 1 saturated heterocycles. The number of nitrogens with zero attached hydrogens (tertiary/aromatic N) is 2. The van der Waals surface area contributed by atoms with Gasteiger partial charge in [0, 0.05) is 19.0 Å². The van der Waals surface area contributed by atoms with Crippen molar-refractivity contribution in [3.05, 3.63) is 22.8 Å². The molecule has 0 amide bonds. The van der Waals surface area contributed by atoms with Crippen molar-refractivity contribution in [3.8, 4) is 0 Å². The summed E-state index contributed by atoms with van der Waals surface area (Å²) in [5.74, 6) is 0.259. The van der Waals surface area contributed by atoms with Gasteiger partial charge in [0.05, 0.1) is 0 Å². The summed E-state index contributed by atoms with van der Waals surface area (Å²) in [5.41, 5.74) is 0. The summed E-state index contributed by atoms with van der Waals surface area (Å²) in [6.07, 6.45) is -0.805. The summed E-state index contributed by atoms with van der Waals surface area (Å²) in [5, 5.41) is 0. The van der Waals surface area contributed by atoms with Crippen molar-refractivity contribution in [2.24, 2.45) is 5.92 Å². The Labute approximate surface area is 102 Å². The number of rotatable bonds is 2. The molecule has 16 heavy (non-hydrogen) atoms. The van der Waals surface area contributed by atoms with E-state index in [1.54, 1.807) is 0 Å². The predicted octanol–water partition coefficient (Wildman–Crippen LogP) is 3.33. The molecule has 0 saturated carbocycles. The van der Waals surface area contributed by atoms with Crippen molar-refractivity contribution in [1.82, 2.24) is 4.98 Å². The van der Waals surface area contributed by atoms with E-state index in [0.717, 1.165) is 23.4 Å². The van der Waals surface area contributed by atoms with Crippen LogP contribution in [0.2, 0.25) is 0 Å². The molecule has 1 aromatic heterocycles. The molecule has 1 aliphatic rings. The summed E-state index contributed by atoms with van der Waals surface area (Å²) in [7, 11) is 0. The predicted molar refractivity (Wildman–Crippen MR) is 62.9 cm³/mol. The van der Waals surface area contributed by atoms with Gasteiger partial charge in [-0.1, -0.05) is 6.07 Å². The minimum atomic E-state index is -2.23. The number of alkyl halides is 2. The van der Waals surface area contributed by atoms with E-state index < -0.39 is 12.3 Å².